The van der Waals surface area contributed by atoms with Gasteiger partial charge in [0, 0.05) is 24.5 Å². The molecule has 4 rings (SSSR count). The number of amides is 1. The monoisotopic (exact) mass is 502 g/mol. The molecular formula is C29H30N2O6. The molecule has 8 heteroatoms. The highest BCUT2D eigenvalue weighted by molar-refractivity contribution is 6.46. The maximum atomic E-state index is 13.4. The topological polar surface area (TPSA) is 98.2 Å². The number of aliphatic hydroxyl groups is 1. The van der Waals surface area contributed by atoms with Crippen LogP contribution >= 0.6 is 0 Å². The third kappa shape index (κ3) is 5.43. The molecule has 1 atom stereocenters. The molecule has 3 aromatic rings. The SMILES string of the molecule is CCCCOc1cccc(C(O)=C2C(=O)C(=O)N(Cc3cccnc3)C2c2ccc(OC)c(OC)c2)c1. The van der Waals surface area contributed by atoms with Gasteiger partial charge in [-0.15, -0.1) is 0 Å². The molecular weight excluding hydrogens is 472 g/mol. The molecule has 0 aliphatic carbocycles. The number of Topliss-reactive ketones (excluding diaryl/α,β-unsaturated/α-hetero) is 1. The molecule has 192 valence electrons. The molecule has 2 aromatic carbocycles. The van der Waals surface area contributed by atoms with Crippen molar-refractivity contribution in [2.75, 3.05) is 20.8 Å². The molecule has 1 aliphatic rings. The van der Waals surface area contributed by atoms with Crippen molar-refractivity contribution in [1.29, 1.82) is 0 Å². The number of aliphatic hydroxyl groups excluding tert-OH is 1. The summed E-state index contributed by atoms with van der Waals surface area (Å²) >= 11 is 0. The number of carbonyl (C=O) groups is 2. The minimum Gasteiger partial charge on any atom is -0.507 e. The summed E-state index contributed by atoms with van der Waals surface area (Å²) in [4.78, 5) is 32.2. The van der Waals surface area contributed by atoms with Gasteiger partial charge in [-0.05, 0) is 47.9 Å². The largest absolute Gasteiger partial charge is 0.507 e. The predicted octanol–water partition coefficient (Wildman–Crippen LogP) is 4.90. The average Bonchev–Trinajstić information content (AvgIpc) is 3.18. The van der Waals surface area contributed by atoms with E-state index in [1.54, 1.807) is 60.9 Å². The van der Waals surface area contributed by atoms with Crippen molar-refractivity contribution in [2.24, 2.45) is 0 Å². The van der Waals surface area contributed by atoms with Gasteiger partial charge in [0.25, 0.3) is 11.7 Å². The van der Waals surface area contributed by atoms with Gasteiger partial charge in [0.1, 0.15) is 11.5 Å². The Hall–Kier alpha value is -4.33. The number of hydrogen-bond acceptors (Lipinski definition) is 7. The lowest BCUT2D eigenvalue weighted by molar-refractivity contribution is -0.140. The molecule has 1 aliphatic heterocycles. The van der Waals surface area contributed by atoms with Crippen LogP contribution in [-0.4, -0.2) is 47.5 Å². The van der Waals surface area contributed by atoms with Crippen LogP contribution in [0.1, 0.15) is 42.5 Å². The molecule has 1 N–H and O–H groups in total. The van der Waals surface area contributed by atoms with Gasteiger partial charge in [-0.1, -0.05) is 37.6 Å². The molecule has 2 heterocycles. The van der Waals surface area contributed by atoms with Crippen LogP contribution in [0.3, 0.4) is 0 Å². The molecule has 1 aromatic heterocycles. The quantitative estimate of drug-likeness (QED) is 0.182. The van der Waals surface area contributed by atoms with E-state index < -0.39 is 17.7 Å². The van der Waals surface area contributed by atoms with E-state index in [9.17, 15) is 14.7 Å². The van der Waals surface area contributed by atoms with Gasteiger partial charge in [0.2, 0.25) is 0 Å². The number of benzene rings is 2. The number of ketones is 1. The van der Waals surface area contributed by atoms with E-state index in [2.05, 4.69) is 11.9 Å². The second kappa shape index (κ2) is 11.6. The fourth-order valence-corrected chi connectivity index (χ4v) is 4.32. The van der Waals surface area contributed by atoms with Crippen LogP contribution in [0.4, 0.5) is 0 Å². The minimum absolute atomic E-state index is 0.00758. The number of unbranched alkanes of at least 4 members (excludes halogenated alkanes) is 1. The second-order valence-corrected chi connectivity index (χ2v) is 8.63. The molecule has 1 fully saturated rings. The number of nitrogens with zero attached hydrogens (tertiary/aromatic N) is 2. The molecule has 8 nitrogen and oxygen atoms in total. The van der Waals surface area contributed by atoms with Crippen LogP contribution in [0.15, 0.2) is 72.6 Å². The van der Waals surface area contributed by atoms with E-state index in [0.29, 0.717) is 35.0 Å². The van der Waals surface area contributed by atoms with Gasteiger partial charge in [-0.25, -0.2) is 0 Å². The van der Waals surface area contributed by atoms with E-state index in [1.807, 2.05) is 6.07 Å². The van der Waals surface area contributed by atoms with E-state index in [1.165, 1.54) is 19.1 Å². The van der Waals surface area contributed by atoms with Gasteiger partial charge in [-0.3, -0.25) is 14.6 Å². The Morgan fingerprint density at radius 1 is 1.03 bits per heavy atom. The summed E-state index contributed by atoms with van der Waals surface area (Å²) in [6.45, 7) is 2.75. The zero-order valence-electron chi connectivity index (χ0n) is 21.1. The van der Waals surface area contributed by atoms with Crippen molar-refractivity contribution < 1.29 is 28.9 Å². The van der Waals surface area contributed by atoms with E-state index in [-0.39, 0.29) is 17.9 Å². The van der Waals surface area contributed by atoms with Crippen LogP contribution in [0.2, 0.25) is 0 Å². The van der Waals surface area contributed by atoms with Crippen molar-refractivity contribution in [2.45, 2.75) is 32.4 Å². The summed E-state index contributed by atoms with van der Waals surface area (Å²) in [7, 11) is 3.04. The smallest absolute Gasteiger partial charge is 0.295 e. The predicted molar refractivity (Wildman–Crippen MR) is 138 cm³/mol. The van der Waals surface area contributed by atoms with Crippen LogP contribution in [0.25, 0.3) is 5.76 Å². The van der Waals surface area contributed by atoms with E-state index >= 15 is 0 Å². The summed E-state index contributed by atoms with van der Waals surface area (Å²) in [5.74, 6) is -0.220. The number of pyridine rings is 1. The van der Waals surface area contributed by atoms with Crippen molar-refractivity contribution in [1.82, 2.24) is 9.88 Å². The number of ether oxygens (including phenoxy) is 3. The molecule has 1 saturated heterocycles. The molecule has 0 spiro atoms. The number of rotatable bonds is 10. The normalized spacial score (nSPS) is 16.6. The maximum Gasteiger partial charge on any atom is 0.295 e. The molecule has 1 unspecified atom stereocenters. The Kier molecular flexibility index (Phi) is 8.08. The summed E-state index contributed by atoms with van der Waals surface area (Å²) in [5, 5.41) is 11.4. The van der Waals surface area contributed by atoms with Crippen LogP contribution in [0.5, 0.6) is 17.2 Å². The summed E-state index contributed by atoms with van der Waals surface area (Å²) < 4.78 is 16.6. The van der Waals surface area contributed by atoms with Crippen LogP contribution < -0.4 is 14.2 Å². The highest BCUT2D eigenvalue weighted by atomic mass is 16.5. The fraction of sp³-hybridized carbons (Fsp3) is 0.276. The van der Waals surface area contributed by atoms with Crippen molar-refractivity contribution >= 4 is 17.4 Å². The molecule has 1 amide bonds. The summed E-state index contributed by atoms with van der Waals surface area (Å²) in [6.07, 6.45) is 5.17. The lowest BCUT2D eigenvalue weighted by Crippen LogP contribution is -2.29. The summed E-state index contributed by atoms with van der Waals surface area (Å²) in [6, 6.07) is 14.8. The first-order chi connectivity index (χ1) is 18.0. The van der Waals surface area contributed by atoms with E-state index in [4.69, 9.17) is 14.2 Å². The summed E-state index contributed by atoms with van der Waals surface area (Å²) in [5.41, 5.74) is 1.73. The third-order valence-corrected chi connectivity index (χ3v) is 6.21. The van der Waals surface area contributed by atoms with Gasteiger partial charge >= 0.3 is 0 Å². The van der Waals surface area contributed by atoms with Crippen molar-refractivity contribution in [3.05, 3.63) is 89.3 Å². The lowest BCUT2D eigenvalue weighted by atomic mass is 9.94. The zero-order valence-corrected chi connectivity index (χ0v) is 21.1. The standard InChI is InChI=1S/C29H30N2O6/c1-4-5-14-37-22-10-6-9-21(15-22)27(32)25-26(20-11-12-23(35-2)24(16-20)36-3)31(29(34)28(25)33)18-19-8-7-13-30-17-19/h6-13,15-17,26,32H,4-5,14,18H2,1-3H3. The first-order valence-electron chi connectivity index (χ1n) is 12.1. The number of hydrogen-bond donors (Lipinski definition) is 1. The first-order valence-corrected chi connectivity index (χ1v) is 12.1. The van der Waals surface area contributed by atoms with Crippen molar-refractivity contribution in [3.8, 4) is 17.2 Å². The fourth-order valence-electron chi connectivity index (χ4n) is 4.32. The Balaban J connectivity index is 1.83. The Labute approximate surface area is 216 Å². The number of aromatic nitrogens is 1. The van der Waals surface area contributed by atoms with Gasteiger partial charge < -0.3 is 24.2 Å². The second-order valence-electron chi connectivity index (χ2n) is 8.63. The maximum absolute atomic E-state index is 13.4. The average molecular weight is 503 g/mol. The molecule has 0 saturated carbocycles. The number of carbonyl (C=O) groups excluding carboxylic acids is 2. The number of methoxy groups -OCH3 is 2. The Morgan fingerprint density at radius 3 is 2.54 bits per heavy atom. The van der Waals surface area contributed by atoms with Crippen LogP contribution in [-0.2, 0) is 16.1 Å². The molecule has 0 radical (unpaired) electrons. The van der Waals surface area contributed by atoms with Crippen LogP contribution in [0, 0.1) is 0 Å². The van der Waals surface area contributed by atoms with Gasteiger partial charge in [0.15, 0.2) is 11.5 Å². The zero-order chi connectivity index (χ0) is 26.4. The highest BCUT2D eigenvalue weighted by Gasteiger charge is 2.46. The highest BCUT2D eigenvalue weighted by Crippen LogP contribution is 2.42. The number of likely N-dealkylation sites (tertiary alicyclic amines) is 1. The lowest BCUT2D eigenvalue weighted by Gasteiger charge is -2.26. The Bertz CT molecular complexity index is 1300. The van der Waals surface area contributed by atoms with Gasteiger partial charge in [-0.2, -0.15) is 0 Å². The molecule has 37 heavy (non-hydrogen) atoms. The van der Waals surface area contributed by atoms with Crippen molar-refractivity contribution in [3.63, 3.8) is 0 Å². The first kappa shape index (κ1) is 25.8. The van der Waals surface area contributed by atoms with Gasteiger partial charge in [0.05, 0.1) is 32.4 Å². The molecule has 0 bridgehead atoms. The third-order valence-electron chi connectivity index (χ3n) is 6.21. The minimum atomic E-state index is -0.857. The van der Waals surface area contributed by atoms with E-state index in [0.717, 1.165) is 18.4 Å². The Morgan fingerprint density at radius 2 is 1.84 bits per heavy atom.